The fourth-order valence-electron chi connectivity index (χ4n) is 1.12. The Bertz CT molecular complexity index is 445. The van der Waals surface area contributed by atoms with E-state index in [2.05, 4.69) is 9.35 Å². The van der Waals surface area contributed by atoms with Gasteiger partial charge in [-0.15, -0.1) is 0 Å². The molecule has 0 saturated carbocycles. The minimum atomic E-state index is -1.48. The normalized spacial score (nSPS) is 13.4. The van der Waals surface area contributed by atoms with Crippen LogP contribution in [0.15, 0.2) is 22.7 Å². The van der Waals surface area contributed by atoms with E-state index in [9.17, 15) is 0 Å². The maximum absolute atomic E-state index is 8.39. The van der Waals surface area contributed by atoms with Gasteiger partial charge in [-0.1, -0.05) is 51.6 Å². The van der Waals surface area contributed by atoms with Gasteiger partial charge in [0, 0.05) is 11.9 Å². The molecule has 0 aliphatic rings. The summed E-state index contributed by atoms with van der Waals surface area (Å²) in [5, 5.41) is 8.39. The van der Waals surface area contributed by atoms with Gasteiger partial charge in [0.2, 0.25) is 9.99 Å². The van der Waals surface area contributed by atoms with Crippen molar-refractivity contribution in [1.29, 1.82) is 5.26 Å². The van der Waals surface area contributed by atoms with Gasteiger partial charge in [0.05, 0.1) is 5.69 Å². The SMILES string of the molecule is CS(CCc1ccc(C(Cl)(Cl)Cl)nc1)=NC#N. The predicted molar refractivity (Wildman–Crippen MR) is 73.4 cm³/mol. The van der Waals surface area contributed by atoms with E-state index in [1.165, 1.54) is 0 Å². The van der Waals surface area contributed by atoms with Gasteiger partial charge in [0.15, 0.2) is 0 Å². The lowest BCUT2D eigenvalue weighted by molar-refractivity contribution is 1.04. The number of hydrogen-bond donors (Lipinski definition) is 0. The maximum atomic E-state index is 8.39. The van der Waals surface area contributed by atoms with Gasteiger partial charge < -0.3 is 0 Å². The second kappa shape index (κ2) is 6.55. The molecule has 0 aliphatic heterocycles. The second-order valence-corrected chi connectivity index (χ2v) is 7.37. The van der Waals surface area contributed by atoms with Gasteiger partial charge in [-0.25, -0.2) is 0 Å². The molecule has 0 bridgehead atoms. The van der Waals surface area contributed by atoms with E-state index in [4.69, 9.17) is 40.1 Å². The molecule has 0 amide bonds. The Balaban J connectivity index is 2.64. The molecular formula is C10H10Cl3N3S. The summed E-state index contributed by atoms with van der Waals surface area (Å²) in [6.45, 7) is 0. The van der Waals surface area contributed by atoms with Gasteiger partial charge in [-0.3, -0.25) is 4.98 Å². The quantitative estimate of drug-likeness (QED) is 0.635. The lowest BCUT2D eigenvalue weighted by atomic mass is 10.2. The molecule has 0 aromatic carbocycles. The van der Waals surface area contributed by atoms with Crippen LogP contribution in [0, 0.1) is 11.5 Å². The van der Waals surface area contributed by atoms with E-state index in [0.29, 0.717) is 5.69 Å². The van der Waals surface area contributed by atoms with Crippen molar-refractivity contribution >= 4 is 45.5 Å². The Labute approximate surface area is 118 Å². The van der Waals surface area contributed by atoms with Crippen molar-refractivity contribution in [3.63, 3.8) is 0 Å². The molecule has 1 rings (SSSR count). The van der Waals surface area contributed by atoms with Crippen LogP contribution in [0.25, 0.3) is 0 Å². The van der Waals surface area contributed by atoms with Crippen LogP contribution in [0.5, 0.6) is 0 Å². The van der Waals surface area contributed by atoms with Crippen molar-refractivity contribution in [3.05, 3.63) is 29.6 Å². The number of hydrogen-bond acceptors (Lipinski definition) is 3. The highest BCUT2D eigenvalue weighted by Crippen LogP contribution is 2.36. The lowest BCUT2D eigenvalue weighted by Gasteiger charge is -2.10. The van der Waals surface area contributed by atoms with Crippen molar-refractivity contribution < 1.29 is 0 Å². The van der Waals surface area contributed by atoms with E-state index in [1.807, 2.05) is 12.3 Å². The van der Waals surface area contributed by atoms with Gasteiger partial charge in [-0.2, -0.15) is 9.62 Å². The van der Waals surface area contributed by atoms with Crippen LogP contribution in [0.3, 0.4) is 0 Å². The molecule has 1 aromatic rings. The molecule has 0 N–H and O–H groups in total. The maximum Gasteiger partial charge on any atom is 0.232 e. The van der Waals surface area contributed by atoms with Crippen molar-refractivity contribution in [2.45, 2.75) is 10.2 Å². The summed E-state index contributed by atoms with van der Waals surface area (Å²) in [5.41, 5.74) is 1.44. The van der Waals surface area contributed by atoms with E-state index >= 15 is 0 Å². The Morgan fingerprint density at radius 2 is 2.18 bits per heavy atom. The fourth-order valence-corrected chi connectivity index (χ4v) is 2.22. The third kappa shape index (κ3) is 5.22. The zero-order valence-corrected chi connectivity index (χ0v) is 12.1. The van der Waals surface area contributed by atoms with Crippen molar-refractivity contribution in [2.75, 3.05) is 12.0 Å². The summed E-state index contributed by atoms with van der Waals surface area (Å²) in [6, 6.07) is 3.56. The first kappa shape index (κ1) is 14.7. The number of alkyl halides is 3. The first-order valence-corrected chi connectivity index (χ1v) is 7.57. The Hall–Kier alpha value is -0.340. The molecule has 1 aromatic heterocycles. The summed E-state index contributed by atoms with van der Waals surface area (Å²) in [4.78, 5) is 4.09. The van der Waals surface area contributed by atoms with E-state index in [-0.39, 0.29) is 10.7 Å². The predicted octanol–water partition coefficient (Wildman–Crippen LogP) is 3.36. The average molecular weight is 311 g/mol. The zero-order valence-electron chi connectivity index (χ0n) is 9.03. The van der Waals surface area contributed by atoms with Crippen LogP contribution in [0.2, 0.25) is 0 Å². The van der Waals surface area contributed by atoms with Crippen LogP contribution in [-0.4, -0.2) is 17.0 Å². The van der Waals surface area contributed by atoms with Gasteiger partial charge in [0.25, 0.3) is 0 Å². The molecular weight excluding hydrogens is 301 g/mol. The lowest BCUT2D eigenvalue weighted by Crippen LogP contribution is -2.05. The van der Waals surface area contributed by atoms with Crippen LogP contribution in [0.1, 0.15) is 11.3 Å². The second-order valence-electron chi connectivity index (χ2n) is 3.30. The molecule has 3 nitrogen and oxygen atoms in total. The highest BCUT2D eigenvalue weighted by Gasteiger charge is 2.23. The van der Waals surface area contributed by atoms with Crippen molar-refractivity contribution in [3.8, 4) is 6.19 Å². The number of halogens is 3. The topological polar surface area (TPSA) is 49.0 Å². The average Bonchev–Trinajstić information content (AvgIpc) is 2.26. The summed E-state index contributed by atoms with van der Waals surface area (Å²) >= 11 is 17.1. The minimum Gasteiger partial charge on any atom is -0.256 e. The monoisotopic (exact) mass is 309 g/mol. The number of nitrogens with zero attached hydrogens (tertiary/aromatic N) is 3. The highest BCUT2D eigenvalue weighted by molar-refractivity contribution is 7.86. The summed E-state index contributed by atoms with van der Waals surface area (Å²) in [5.74, 6) is 0.822. The highest BCUT2D eigenvalue weighted by atomic mass is 35.6. The number of nitriles is 1. The summed E-state index contributed by atoms with van der Waals surface area (Å²) in [6.07, 6.45) is 6.21. The number of aryl methyl sites for hydroxylation is 1. The molecule has 1 unspecified atom stereocenters. The van der Waals surface area contributed by atoms with E-state index in [1.54, 1.807) is 18.5 Å². The van der Waals surface area contributed by atoms with Gasteiger partial charge >= 0.3 is 0 Å². The minimum absolute atomic E-state index is 0.235. The van der Waals surface area contributed by atoms with E-state index in [0.717, 1.165) is 17.7 Å². The molecule has 0 radical (unpaired) electrons. The molecule has 0 spiro atoms. The smallest absolute Gasteiger partial charge is 0.232 e. The van der Waals surface area contributed by atoms with Crippen molar-refractivity contribution in [1.82, 2.24) is 4.98 Å². The summed E-state index contributed by atoms with van der Waals surface area (Å²) < 4.78 is 2.26. The Kier molecular flexibility index (Phi) is 5.68. The van der Waals surface area contributed by atoms with Crippen LogP contribution in [0.4, 0.5) is 0 Å². The third-order valence-corrected chi connectivity index (χ3v) is 3.77. The van der Waals surface area contributed by atoms with Crippen molar-refractivity contribution in [2.24, 2.45) is 4.36 Å². The van der Waals surface area contributed by atoms with E-state index < -0.39 is 3.79 Å². The van der Waals surface area contributed by atoms with Crippen LogP contribution < -0.4 is 0 Å². The zero-order chi connectivity index (χ0) is 12.9. The third-order valence-electron chi connectivity index (χ3n) is 2.00. The standard InChI is InChI=1S/C10H10Cl3N3S/c1-17(16-7-14)5-4-8-2-3-9(15-6-8)10(11,12)13/h2-3,6H,4-5H2,1H3. The summed E-state index contributed by atoms with van der Waals surface area (Å²) in [7, 11) is -0.235. The Morgan fingerprint density at radius 1 is 1.47 bits per heavy atom. The Morgan fingerprint density at radius 3 is 2.65 bits per heavy atom. The molecule has 0 saturated heterocycles. The van der Waals surface area contributed by atoms with Crippen LogP contribution in [-0.2, 0) is 20.9 Å². The molecule has 17 heavy (non-hydrogen) atoms. The molecule has 1 atom stereocenters. The van der Waals surface area contributed by atoms with Gasteiger partial charge in [-0.05, 0) is 24.3 Å². The van der Waals surface area contributed by atoms with Gasteiger partial charge in [0.1, 0.15) is 0 Å². The molecule has 7 heteroatoms. The number of pyridine rings is 1. The first-order valence-electron chi connectivity index (χ1n) is 4.68. The molecule has 0 aliphatic carbocycles. The van der Waals surface area contributed by atoms with Crippen LogP contribution >= 0.6 is 34.8 Å². The molecule has 0 fully saturated rings. The fraction of sp³-hybridized carbons (Fsp3) is 0.400. The molecule has 1 heterocycles. The first-order chi connectivity index (χ1) is 7.93. The number of aromatic nitrogens is 1. The number of rotatable bonds is 3. The molecule has 92 valence electrons. The largest absolute Gasteiger partial charge is 0.256 e.